The third-order valence-corrected chi connectivity index (χ3v) is 3.99. The van der Waals surface area contributed by atoms with E-state index in [4.69, 9.17) is 25.3 Å². The zero-order valence-electron chi connectivity index (χ0n) is 14.8. The molecule has 0 heterocycles. The van der Waals surface area contributed by atoms with Gasteiger partial charge >= 0.3 is 20.4 Å². The molecule has 0 atom stereocenters. The first-order valence-corrected chi connectivity index (χ1v) is 8.37. The van der Waals surface area contributed by atoms with E-state index in [1.807, 2.05) is 24.3 Å². The van der Waals surface area contributed by atoms with Crippen LogP contribution in [0.2, 0.25) is 0 Å². The van der Waals surface area contributed by atoms with Crippen molar-refractivity contribution in [2.24, 2.45) is 0 Å². The van der Waals surface area contributed by atoms with E-state index in [1.54, 1.807) is 0 Å². The second-order valence-corrected chi connectivity index (χ2v) is 8.49. The average Bonchev–Trinajstić information content (AvgIpc) is 2.38. The molecule has 0 aliphatic carbocycles. The maximum absolute atomic E-state index is 4.99. The van der Waals surface area contributed by atoms with Crippen LogP contribution in [0.15, 0.2) is 58.3 Å². The van der Waals surface area contributed by atoms with Gasteiger partial charge in [0.25, 0.3) is 0 Å². The first kappa shape index (κ1) is 22.5. The van der Waals surface area contributed by atoms with Crippen molar-refractivity contribution in [2.45, 2.75) is 62.2 Å². The van der Waals surface area contributed by atoms with Crippen LogP contribution in [0, 0.1) is 0 Å². The van der Waals surface area contributed by atoms with Crippen LogP contribution in [0.25, 0.3) is 0 Å². The molecule has 2 aromatic carbocycles. The summed E-state index contributed by atoms with van der Waals surface area (Å²) in [6.45, 7) is 13.2. The van der Waals surface area contributed by atoms with Crippen molar-refractivity contribution in [1.82, 2.24) is 0 Å². The van der Waals surface area contributed by atoms with Gasteiger partial charge in [-0.1, -0.05) is 90.1 Å². The summed E-state index contributed by atoms with van der Waals surface area (Å²) in [6, 6.07) is 16.3. The molecule has 0 fully saturated rings. The van der Waals surface area contributed by atoms with Crippen molar-refractivity contribution in [2.75, 3.05) is 0 Å². The molecule has 0 aromatic heterocycles. The van der Waals surface area contributed by atoms with Gasteiger partial charge in [0.15, 0.2) is 0 Å². The topological polar surface area (TPSA) is 0 Å². The minimum atomic E-state index is 0. The fourth-order valence-electron chi connectivity index (χ4n) is 1.91. The van der Waals surface area contributed by atoms with E-state index in [9.17, 15) is 0 Å². The zero-order valence-corrected chi connectivity index (χ0v) is 17.9. The average molecular weight is 437 g/mol. The molecule has 0 bridgehead atoms. The SMILES string of the molecule is CC(C)(C)c1ccc([S-])cc1.CC(C)(C)c1ccc([S-])cc1.[Pd+2]. The number of hydrogen-bond donors (Lipinski definition) is 0. The molecule has 0 aliphatic rings. The Kier molecular flexibility index (Phi) is 8.96. The van der Waals surface area contributed by atoms with Crippen LogP contribution in [-0.2, 0) is 56.5 Å². The third-order valence-electron chi connectivity index (χ3n) is 3.44. The first-order valence-electron chi connectivity index (χ1n) is 7.55. The summed E-state index contributed by atoms with van der Waals surface area (Å²) in [5.41, 5.74) is 3.16. The quantitative estimate of drug-likeness (QED) is 0.379. The van der Waals surface area contributed by atoms with E-state index in [0.29, 0.717) is 0 Å². The van der Waals surface area contributed by atoms with E-state index < -0.39 is 0 Å². The molecular formula is C20H26PdS2. The van der Waals surface area contributed by atoms with Crippen molar-refractivity contribution in [1.29, 1.82) is 0 Å². The molecule has 2 aromatic rings. The Balaban J connectivity index is 0.000000403. The molecule has 0 radical (unpaired) electrons. The molecule has 0 nitrogen and oxygen atoms in total. The fraction of sp³-hybridized carbons (Fsp3) is 0.400. The van der Waals surface area contributed by atoms with Gasteiger partial charge in [0.05, 0.1) is 0 Å². The van der Waals surface area contributed by atoms with E-state index in [1.165, 1.54) is 11.1 Å². The summed E-state index contributed by atoms with van der Waals surface area (Å²) in [4.78, 5) is 1.83. The Morgan fingerprint density at radius 3 is 0.913 bits per heavy atom. The standard InChI is InChI=1S/2C10H14S.Pd/c2*1-10(2,3)8-4-6-9(11)7-5-8;/h2*4-7,11H,1-3H3;/q;;+2/p-2. The predicted molar refractivity (Wildman–Crippen MR) is 102 cm³/mol. The monoisotopic (exact) mass is 436 g/mol. The van der Waals surface area contributed by atoms with E-state index >= 15 is 0 Å². The summed E-state index contributed by atoms with van der Waals surface area (Å²) in [6.07, 6.45) is 0. The summed E-state index contributed by atoms with van der Waals surface area (Å²) < 4.78 is 0. The zero-order chi connectivity index (χ0) is 17.0. The molecule has 128 valence electrons. The molecular weight excluding hydrogens is 411 g/mol. The fourth-order valence-corrected chi connectivity index (χ4v) is 2.18. The van der Waals surface area contributed by atoms with Gasteiger partial charge in [0, 0.05) is 0 Å². The maximum Gasteiger partial charge on any atom is 2.00 e. The van der Waals surface area contributed by atoms with Crippen molar-refractivity contribution in [3.05, 3.63) is 59.7 Å². The van der Waals surface area contributed by atoms with Gasteiger partial charge in [-0.05, 0) is 22.0 Å². The van der Waals surface area contributed by atoms with Gasteiger partial charge in [0.2, 0.25) is 0 Å². The number of hydrogen-bond acceptors (Lipinski definition) is 2. The smallest absolute Gasteiger partial charge is 0.780 e. The largest absolute Gasteiger partial charge is 2.00 e. The molecule has 0 spiro atoms. The molecule has 23 heavy (non-hydrogen) atoms. The Bertz CT molecular complexity index is 518. The normalized spacial score (nSPS) is 11.0. The summed E-state index contributed by atoms with van der Waals surface area (Å²) >= 11 is 9.99. The molecule has 0 unspecified atom stereocenters. The molecule has 0 amide bonds. The Labute approximate surface area is 167 Å². The second kappa shape index (κ2) is 9.14. The molecule has 0 saturated heterocycles. The summed E-state index contributed by atoms with van der Waals surface area (Å²) in [5, 5.41) is 0. The minimum absolute atomic E-state index is 0. The first-order chi connectivity index (χ1) is 10.00. The van der Waals surface area contributed by atoms with Gasteiger partial charge in [0.1, 0.15) is 0 Å². The van der Waals surface area contributed by atoms with E-state index in [-0.39, 0.29) is 31.3 Å². The van der Waals surface area contributed by atoms with Gasteiger partial charge in [-0.15, -0.1) is 0 Å². The Morgan fingerprint density at radius 1 is 0.522 bits per heavy atom. The van der Waals surface area contributed by atoms with Crippen LogP contribution >= 0.6 is 0 Å². The van der Waals surface area contributed by atoms with Crippen LogP contribution < -0.4 is 0 Å². The number of rotatable bonds is 0. The Hall–Kier alpha value is -0.458. The summed E-state index contributed by atoms with van der Waals surface area (Å²) in [5.74, 6) is 0. The van der Waals surface area contributed by atoms with Gasteiger partial charge in [-0.25, -0.2) is 0 Å². The summed E-state index contributed by atoms with van der Waals surface area (Å²) in [7, 11) is 0. The molecule has 0 saturated carbocycles. The number of benzene rings is 2. The van der Waals surface area contributed by atoms with Crippen LogP contribution in [0.1, 0.15) is 52.7 Å². The minimum Gasteiger partial charge on any atom is -0.780 e. The van der Waals surface area contributed by atoms with Crippen LogP contribution in [0.3, 0.4) is 0 Å². The van der Waals surface area contributed by atoms with Crippen molar-refractivity contribution in [3.63, 3.8) is 0 Å². The Morgan fingerprint density at radius 2 is 0.739 bits per heavy atom. The van der Waals surface area contributed by atoms with E-state index in [2.05, 4.69) is 65.8 Å². The van der Waals surface area contributed by atoms with Gasteiger partial charge in [-0.3, -0.25) is 0 Å². The van der Waals surface area contributed by atoms with Gasteiger partial charge in [-0.2, -0.15) is 9.79 Å². The molecule has 3 heteroatoms. The van der Waals surface area contributed by atoms with Crippen LogP contribution in [-0.4, -0.2) is 0 Å². The molecule has 0 N–H and O–H groups in total. The predicted octanol–water partition coefficient (Wildman–Crippen LogP) is 5.78. The second-order valence-electron chi connectivity index (χ2n) is 7.55. The van der Waals surface area contributed by atoms with Crippen LogP contribution in [0.5, 0.6) is 0 Å². The van der Waals surface area contributed by atoms with Crippen molar-refractivity contribution < 1.29 is 20.4 Å². The molecule has 0 aliphatic heterocycles. The third kappa shape index (κ3) is 8.27. The van der Waals surface area contributed by atoms with E-state index in [0.717, 1.165) is 9.79 Å². The van der Waals surface area contributed by atoms with Crippen molar-refractivity contribution >= 4 is 25.3 Å². The maximum atomic E-state index is 4.99. The van der Waals surface area contributed by atoms with Gasteiger partial charge < -0.3 is 25.3 Å². The van der Waals surface area contributed by atoms with Crippen molar-refractivity contribution in [3.8, 4) is 0 Å². The molecule has 2 rings (SSSR count). The van der Waals surface area contributed by atoms with Crippen LogP contribution in [0.4, 0.5) is 0 Å².